The summed E-state index contributed by atoms with van der Waals surface area (Å²) in [7, 11) is 1.62. The number of benzene rings is 2. The van der Waals surface area contributed by atoms with Crippen molar-refractivity contribution in [2.75, 3.05) is 7.11 Å². The maximum atomic E-state index is 13.4. The lowest BCUT2D eigenvalue weighted by Crippen LogP contribution is -2.28. The number of nitrogens with zero attached hydrogens (tertiary/aromatic N) is 2. The van der Waals surface area contributed by atoms with Crippen LogP contribution in [-0.4, -0.2) is 33.3 Å². The number of carbonyl (C=O) groups is 1. The lowest BCUT2D eigenvalue weighted by molar-refractivity contribution is -0.160. The number of carboxylic acids is 1. The molecular formula is C29H31FN2O4. The first-order valence-corrected chi connectivity index (χ1v) is 11.8. The Balaban J connectivity index is 1.98. The van der Waals surface area contributed by atoms with Crippen LogP contribution in [0, 0.1) is 19.7 Å². The minimum Gasteiger partial charge on any atom is -0.496 e. The number of aliphatic carboxylic acids is 1. The minimum atomic E-state index is -1.21. The average Bonchev–Trinajstić information content (AvgIpc) is 3.19. The van der Waals surface area contributed by atoms with Crippen molar-refractivity contribution in [2.24, 2.45) is 0 Å². The Kier molecular flexibility index (Phi) is 6.87. The lowest BCUT2D eigenvalue weighted by Gasteiger charge is -2.28. The molecule has 4 aromatic rings. The van der Waals surface area contributed by atoms with Gasteiger partial charge in [-0.15, -0.1) is 0 Å². The number of ether oxygens (including phenoxy) is 2. The maximum absolute atomic E-state index is 13.4. The molecule has 2 aromatic heterocycles. The number of aromatic nitrogens is 2. The van der Waals surface area contributed by atoms with Crippen molar-refractivity contribution in [1.82, 2.24) is 9.55 Å². The molecule has 2 heterocycles. The van der Waals surface area contributed by atoms with Gasteiger partial charge in [-0.3, -0.25) is 0 Å². The van der Waals surface area contributed by atoms with Crippen molar-refractivity contribution in [3.05, 3.63) is 82.9 Å². The van der Waals surface area contributed by atoms with Crippen molar-refractivity contribution in [1.29, 1.82) is 0 Å². The second kappa shape index (κ2) is 9.74. The number of halogens is 1. The van der Waals surface area contributed by atoms with Crippen LogP contribution in [0.15, 0.2) is 54.7 Å². The van der Waals surface area contributed by atoms with Gasteiger partial charge in [-0.25, -0.2) is 14.2 Å². The highest BCUT2D eigenvalue weighted by Crippen LogP contribution is 2.40. The molecule has 0 bridgehead atoms. The number of rotatable bonds is 7. The van der Waals surface area contributed by atoms with Gasteiger partial charge in [-0.1, -0.05) is 18.2 Å². The number of pyridine rings is 1. The van der Waals surface area contributed by atoms with Crippen LogP contribution in [-0.2, 0) is 16.1 Å². The van der Waals surface area contributed by atoms with E-state index in [0.29, 0.717) is 23.4 Å². The zero-order valence-corrected chi connectivity index (χ0v) is 21.4. The fourth-order valence-electron chi connectivity index (χ4n) is 4.50. The summed E-state index contributed by atoms with van der Waals surface area (Å²) in [5.74, 6) is -0.617. The van der Waals surface area contributed by atoms with Gasteiger partial charge in [0, 0.05) is 34.9 Å². The molecule has 2 aromatic carbocycles. The molecule has 188 valence electrons. The number of carboxylic acid groups (broad SMARTS) is 1. The van der Waals surface area contributed by atoms with E-state index < -0.39 is 17.7 Å². The number of methoxy groups -OCH3 is 1. The second-order valence-corrected chi connectivity index (χ2v) is 9.93. The molecule has 36 heavy (non-hydrogen) atoms. The normalized spacial score (nSPS) is 12.6. The van der Waals surface area contributed by atoms with Crippen LogP contribution in [0.4, 0.5) is 4.39 Å². The molecule has 0 aliphatic rings. The minimum absolute atomic E-state index is 0.287. The SMILES string of the molecule is COc1ccc(-c2c(C(OC(C)(C)C)C(=O)O)c(C)nc3c2ccn3Cc2ccc(F)cc2)cc1C. The van der Waals surface area contributed by atoms with Crippen molar-refractivity contribution >= 4 is 17.0 Å². The molecule has 0 radical (unpaired) electrons. The Morgan fingerprint density at radius 1 is 1.11 bits per heavy atom. The zero-order chi connectivity index (χ0) is 26.2. The second-order valence-electron chi connectivity index (χ2n) is 9.93. The third-order valence-electron chi connectivity index (χ3n) is 6.04. The van der Waals surface area contributed by atoms with Crippen molar-refractivity contribution in [2.45, 2.75) is 52.9 Å². The quantitative estimate of drug-likeness (QED) is 0.322. The Bertz CT molecular complexity index is 1420. The smallest absolute Gasteiger partial charge is 0.337 e. The monoisotopic (exact) mass is 490 g/mol. The van der Waals surface area contributed by atoms with E-state index in [1.807, 2.05) is 69.6 Å². The predicted molar refractivity (Wildman–Crippen MR) is 138 cm³/mol. The summed E-state index contributed by atoms with van der Waals surface area (Å²) in [5, 5.41) is 11.0. The van der Waals surface area contributed by atoms with Crippen LogP contribution in [0.2, 0.25) is 0 Å². The first-order chi connectivity index (χ1) is 17.0. The Labute approximate surface area is 210 Å². The standard InChI is InChI=1S/C29H31FN2O4/c1-17-15-20(9-12-23(17)35-6)25-22-13-14-32(16-19-7-10-21(30)11-8-19)27(22)31-18(2)24(25)26(28(33)34)36-29(3,4)5/h7-15,26H,16H2,1-6H3,(H,33,34). The van der Waals surface area contributed by atoms with E-state index in [4.69, 9.17) is 14.5 Å². The molecule has 0 saturated carbocycles. The van der Waals surface area contributed by atoms with E-state index in [2.05, 4.69) is 0 Å². The van der Waals surface area contributed by atoms with Gasteiger partial charge in [-0.05, 0) is 81.6 Å². The van der Waals surface area contributed by atoms with E-state index in [1.165, 1.54) is 12.1 Å². The van der Waals surface area contributed by atoms with Crippen LogP contribution in [0.5, 0.6) is 5.75 Å². The van der Waals surface area contributed by atoms with Gasteiger partial charge in [0.2, 0.25) is 0 Å². The molecule has 0 aliphatic heterocycles. The molecule has 0 fully saturated rings. The molecule has 0 amide bonds. The summed E-state index contributed by atoms with van der Waals surface area (Å²) >= 11 is 0. The van der Waals surface area contributed by atoms with E-state index in [-0.39, 0.29) is 5.82 Å². The van der Waals surface area contributed by atoms with E-state index >= 15 is 0 Å². The molecule has 1 unspecified atom stereocenters. The van der Waals surface area contributed by atoms with E-state index in [1.54, 1.807) is 19.2 Å². The Hall–Kier alpha value is -3.71. The summed E-state index contributed by atoms with van der Waals surface area (Å²) in [4.78, 5) is 17.3. The highest BCUT2D eigenvalue weighted by atomic mass is 19.1. The van der Waals surface area contributed by atoms with Gasteiger partial charge in [0.25, 0.3) is 0 Å². The van der Waals surface area contributed by atoms with Gasteiger partial charge >= 0.3 is 5.97 Å². The summed E-state index contributed by atoms with van der Waals surface area (Å²) in [6, 6.07) is 14.1. The third kappa shape index (κ3) is 5.11. The maximum Gasteiger partial charge on any atom is 0.337 e. The molecule has 1 N–H and O–H groups in total. The van der Waals surface area contributed by atoms with Gasteiger partial charge in [0.1, 0.15) is 17.2 Å². The molecule has 4 rings (SSSR count). The molecule has 0 aliphatic carbocycles. The molecular weight excluding hydrogens is 459 g/mol. The van der Waals surface area contributed by atoms with Gasteiger partial charge < -0.3 is 19.1 Å². The molecule has 1 atom stereocenters. The first kappa shape index (κ1) is 25.4. The number of aryl methyl sites for hydroxylation is 2. The topological polar surface area (TPSA) is 73.6 Å². The molecule has 6 nitrogen and oxygen atoms in total. The van der Waals surface area contributed by atoms with Crippen molar-refractivity contribution in [3.63, 3.8) is 0 Å². The Morgan fingerprint density at radius 2 is 1.81 bits per heavy atom. The predicted octanol–water partition coefficient (Wildman–Crippen LogP) is 6.46. The summed E-state index contributed by atoms with van der Waals surface area (Å²) in [6.45, 7) is 9.76. The van der Waals surface area contributed by atoms with Gasteiger partial charge in [0.05, 0.1) is 12.7 Å². The lowest BCUT2D eigenvalue weighted by atomic mass is 9.91. The fourth-order valence-corrected chi connectivity index (χ4v) is 4.50. The van der Waals surface area contributed by atoms with Crippen LogP contribution in [0.1, 0.15) is 49.3 Å². The van der Waals surface area contributed by atoms with Gasteiger partial charge in [-0.2, -0.15) is 0 Å². The summed E-state index contributed by atoms with van der Waals surface area (Å²) in [6.07, 6.45) is 0.713. The number of hydrogen-bond acceptors (Lipinski definition) is 4. The highest BCUT2D eigenvalue weighted by Gasteiger charge is 2.32. The third-order valence-corrected chi connectivity index (χ3v) is 6.04. The average molecular weight is 491 g/mol. The van der Waals surface area contributed by atoms with Crippen LogP contribution in [0.3, 0.4) is 0 Å². The zero-order valence-electron chi connectivity index (χ0n) is 21.4. The van der Waals surface area contributed by atoms with Crippen molar-refractivity contribution in [3.8, 4) is 16.9 Å². The molecule has 0 spiro atoms. The van der Waals surface area contributed by atoms with E-state index in [0.717, 1.165) is 33.4 Å². The van der Waals surface area contributed by atoms with Gasteiger partial charge in [0.15, 0.2) is 6.10 Å². The van der Waals surface area contributed by atoms with Crippen molar-refractivity contribution < 1.29 is 23.8 Å². The Morgan fingerprint density at radius 3 is 2.39 bits per heavy atom. The summed E-state index contributed by atoms with van der Waals surface area (Å²) < 4.78 is 26.9. The first-order valence-electron chi connectivity index (χ1n) is 11.8. The van der Waals surface area contributed by atoms with E-state index in [9.17, 15) is 14.3 Å². The van der Waals surface area contributed by atoms with Crippen LogP contribution in [0.25, 0.3) is 22.2 Å². The highest BCUT2D eigenvalue weighted by molar-refractivity contribution is 5.98. The fraction of sp³-hybridized carbons (Fsp3) is 0.310. The molecule has 0 saturated heterocycles. The van der Waals surface area contributed by atoms with Crippen LogP contribution < -0.4 is 4.74 Å². The largest absolute Gasteiger partial charge is 0.496 e. The number of fused-ring (bicyclic) bond motifs is 1. The summed E-state index contributed by atoms with van der Waals surface area (Å²) in [5.41, 5.74) is 4.59. The van der Waals surface area contributed by atoms with Crippen LogP contribution >= 0.6 is 0 Å². The number of hydrogen-bond donors (Lipinski definition) is 1. The molecule has 7 heteroatoms.